The second-order valence-corrected chi connectivity index (χ2v) is 2.75. The largest absolute Gasteiger partial charge is 0.465 e. The predicted octanol–water partition coefficient (Wildman–Crippen LogP) is 3.20. The molecule has 1 aromatic rings. The van der Waals surface area contributed by atoms with Gasteiger partial charge in [0.05, 0.1) is 17.7 Å². The minimum absolute atomic E-state index is 0.171. The van der Waals surface area contributed by atoms with Crippen LogP contribution < -0.4 is 0 Å². The fourth-order valence-corrected chi connectivity index (χ4v) is 0.920. The molecule has 0 aliphatic rings. The Morgan fingerprint density at radius 1 is 1.43 bits per heavy atom. The van der Waals surface area contributed by atoms with E-state index < -0.39 is 5.97 Å². The molecule has 0 unspecified atom stereocenters. The van der Waals surface area contributed by atoms with Gasteiger partial charge in [0.15, 0.2) is 0 Å². The normalized spacial score (nSPS) is 8.64. The molecule has 5 heteroatoms. The van der Waals surface area contributed by atoms with E-state index in [4.69, 9.17) is 23.2 Å². The highest BCUT2D eigenvalue weighted by Crippen LogP contribution is 2.19. The summed E-state index contributed by atoms with van der Waals surface area (Å²) < 4.78 is 4.45. The third-order valence-electron chi connectivity index (χ3n) is 1.22. The Morgan fingerprint density at radius 3 is 2.43 bits per heavy atom. The van der Waals surface area contributed by atoms with Crippen molar-refractivity contribution in [2.45, 2.75) is 13.8 Å². The average Bonchev–Trinajstić information content (AvgIpc) is 2.24. The Morgan fingerprint density at radius 2 is 2.00 bits per heavy atom. The summed E-state index contributed by atoms with van der Waals surface area (Å²) in [6, 6.07) is 1.41. The van der Waals surface area contributed by atoms with Gasteiger partial charge in [-0.15, -0.1) is 0 Å². The first-order valence-corrected chi connectivity index (χ1v) is 4.80. The van der Waals surface area contributed by atoms with Crippen molar-refractivity contribution in [2.75, 3.05) is 7.11 Å². The number of ether oxygens (including phenoxy) is 1. The summed E-state index contributed by atoms with van der Waals surface area (Å²) >= 11 is 11.1. The van der Waals surface area contributed by atoms with E-state index in [0.717, 1.165) is 0 Å². The molecule has 0 amide bonds. The molecule has 0 aromatic carbocycles. The third-order valence-corrected chi connectivity index (χ3v) is 1.90. The number of nitrogens with zero attached hydrogens (tertiary/aromatic N) is 1. The summed E-state index contributed by atoms with van der Waals surface area (Å²) in [5.41, 5.74) is 0.284. The Bertz CT molecular complexity index is 316. The Balaban J connectivity index is 0.000000791. The number of aromatic nitrogens is 1. The Kier molecular flexibility index (Phi) is 6.25. The molecule has 0 radical (unpaired) electrons. The lowest BCUT2D eigenvalue weighted by Crippen LogP contribution is -2.01. The molecule has 0 aliphatic carbocycles. The van der Waals surface area contributed by atoms with E-state index >= 15 is 0 Å². The quantitative estimate of drug-likeness (QED) is 0.555. The second kappa shape index (κ2) is 6.62. The molecule has 3 nitrogen and oxygen atoms in total. The van der Waals surface area contributed by atoms with Gasteiger partial charge in [0, 0.05) is 6.20 Å². The van der Waals surface area contributed by atoms with Crippen molar-refractivity contribution in [3.63, 3.8) is 0 Å². The number of hydrogen-bond donors (Lipinski definition) is 0. The van der Waals surface area contributed by atoms with E-state index in [1.807, 2.05) is 13.8 Å². The molecule has 0 spiro atoms. The molecule has 78 valence electrons. The summed E-state index contributed by atoms with van der Waals surface area (Å²) in [5.74, 6) is -0.485. The van der Waals surface area contributed by atoms with Gasteiger partial charge in [-0.25, -0.2) is 9.78 Å². The molecule has 0 fully saturated rings. The van der Waals surface area contributed by atoms with Gasteiger partial charge in [-0.2, -0.15) is 0 Å². The number of rotatable bonds is 1. The van der Waals surface area contributed by atoms with Crippen LogP contribution in [0.1, 0.15) is 24.2 Å². The lowest BCUT2D eigenvalue weighted by Gasteiger charge is -1.99. The zero-order valence-corrected chi connectivity index (χ0v) is 9.69. The molecule has 1 aromatic heterocycles. The summed E-state index contributed by atoms with van der Waals surface area (Å²) in [5, 5.41) is 0.406. The van der Waals surface area contributed by atoms with Crippen LogP contribution in [0.2, 0.25) is 10.2 Å². The van der Waals surface area contributed by atoms with Crippen LogP contribution in [0.5, 0.6) is 0 Å². The summed E-state index contributed by atoms with van der Waals surface area (Å²) in [6.07, 6.45) is 1.31. The zero-order chi connectivity index (χ0) is 11.1. The van der Waals surface area contributed by atoms with Crippen molar-refractivity contribution in [1.82, 2.24) is 4.98 Å². The van der Waals surface area contributed by atoms with Crippen molar-refractivity contribution < 1.29 is 9.53 Å². The zero-order valence-electron chi connectivity index (χ0n) is 8.17. The van der Waals surface area contributed by atoms with Gasteiger partial charge in [-0.3, -0.25) is 0 Å². The van der Waals surface area contributed by atoms with Crippen LogP contribution >= 0.6 is 23.2 Å². The first-order valence-electron chi connectivity index (χ1n) is 4.04. The summed E-state index contributed by atoms with van der Waals surface area (Å²) in [4.78, 5) is 14.6. The van der Waals surface area contributed by atoms with Crippen LogP contribution in [-0.2, 0) is 4.74 Å². The van der Waals surface area contributed by atoms with E-state index in [9.17, 15) is 4.79 Å². The topological polar surface area (TPSA) is 39.2 Å². The third kappa shape index (κ3) is 3.52. The minimum Gasteiger partial charge on any atom is -0.465 e. The van der Waals surface area contributed by atoms with Crippen LogP contribution in [0.25, 0.3) is 0 Å². The van der Waals surface area contributed by atoms with Gasteiger partial charge in [-0.05, 0) is 6.07 Å². The molecule has 0 N–H and O–H groups in total. The first-order chi connectivity index (χ1) is 6.65. The van der Waals surface area contributed by atoms with Gasteiger partial charge in [0.2, 0.25) is 0 Å². The smallest absolute Gasteiger partial charge is 0.339 e. The molecule has 1 heterocycles. The molecule has 0 aliphatic heterocycles. The molecular weight excluding hydrogens is 225 g/mol. The van der Waals surface area contributed by atoms with E-state index in [-0.39, 0.29) is 15.7 Å². The van der Waals surface area contributed by atoms with Gasteiger partial charge < -0.3 is 4.74 Å². The Labute approximate surface area is 93.0 Å². The molecule has 0 atom stereocenters. The highest BCUT2D eigenvalue weighted by atomic mass is 35.5. The molecule has 0 bridgehead atoms. The standard InChI is InChI=1S/C7H5Cl2NO2.C2H6/c1-12-7(11)4-2-5(8)6(9)10-3-4;1-2/h2-3H,1H3;1-2H3. The lowest BCUT2D eigenvalue weighted by atomic mass is 10.3. The Hall–Kier alpha value is -0.800. The maximum absolute atomic E-state index is 10.9. The van der Waals surface area contributed by atoms with E-state index in [2.05, 4.69) is 9.72 Å². The number of halogens is 2. The maximum atomic E-state index is 10.9. The molecule has 1 rings (SSSR count). The second-order valence-electron chi connectivity index (χ2n) is 1.99. The maximum Gasteiger partial charge on any atom is 0.339 e. The number of carbonyl (C=O) groups is 1. The molecule has 0 saturated carbocycles. The fourth-order valence-electron chi connectivity index (χ4n) is 0.651. The van der Waals surface area contributed by atoms with Gasteiger partial charge >= 0.3 is 5.97 Å². The first kappa shape index (κ1) is 13.2. The number of pyridine rings is 1. The van der Waals surface area contributed by atoms with Crippen LogP contribution in [-0.4, -0.2) is 18.1 Å². The number of hydrogen-bond acceptors (Lipinski definition) is 3. The van der Waals surface area contributed by atoms with E-state index in [1.54, 1.807) is 0 Å². The lowest BCUT2D eigenvalue weighted by molar-refractivity contribution is 0.0600. The molecular formula is C9H11Cl2NO2. The van der Waals surface area contributed by atoms with Gasteiger partial charge in [-0.1, -0.05) is 37.0 Å². The van der Waals surface area contributed by atoms with Crippen LogP contribution in [0, 0.1) is 0 Å². The van der Waals surface area contributed by atoms with Crippen LogP contribution in [0.15, 0.2) is 12.3 Å². The number of esters is 1. The number of methoxy groups -OCH3 is 1. The SMILES string of the molecule is CC.COC(=O)c1cnc(Cl)c(Cl)c1. The van der Waals surface area contributed by atoms with E-state index in [1.165, 1.54) is 19.4 Å². The van der Waals surface area contributed by atoms with E-state index in [0.29, 0.717) is 0 Å². The minimum atomic E-state index is -0.485. The monoisotopic (exact) mass is 235 g/mol. The predicted molar refractivity (Wildman–Crippen MR) is 56.9 cm³/mol. The highest BCUT2D eigenvalue weighted by molar-refractivity contribution is 6.41. The van der Waals surface area contributed by atoms with Gasteiger partial charge in [0.1, 0.15) is 5.15 Å². The average molecular weight is 236 g/mol. The van der Waals surface area contributed by atoms with Gasteiger partial charge in [0.25, 0.3) is 0 Å². The van der Waals surface area contributed by atoms with Crippen molar-refractivity contribution in [3.8, 4) is 0 Å². The highest BCUT2D eigenvalue weighted by Gasteiger charge is 2.07. The molecule has 14 heavy (non-hydrogen) atoms. The van der Waals surface area contributed by atoms with Crippen molar-refractivity contribution >= 4 is 29.2 Å². The fraction of sp³-hybridized carbons (Fsp3) is 0.333. The van der Waals surface area contributed by atoms with Crippen LogP contribution in [0.4, 0.5) is 0 Å². The number of carbonyl (C=O) groups excluding carboxylic acids is 1. The van der Waals surface area contributed by atoms with Crippen LogP contribution in [0.3, 0.4) is 0 Å². The molecule has 0 saturated heterocycles. The van der Waals surface area contributed by atoms with Crippen molar-refractivity contribution in [1.29, 1.82) is 0 Å². The van der Waals surface area contributed by atoms with Crippen molar-refractivity contribution in [3.05, 3.63) is 28.0 Å². The van der Waals surface area contributed by atoms with Crippen molar-refractivity contribution in [2.24, 2.45) is 0 Å². The summed E-state index contributed by atoms with van der Waals surface area (Å²) in [6.45, 7) is 4.00. The summed E-state index contributed by atoms with van der Waals surface area (Å²) in [7, 11) is 1.28.